The van der Waals surface area contributed by atoms with Gasteiger partial charge in [-0.2, -0.15) is 0 Å². The number of rotatable bonds is 11. The zero-order valence-electron chi connectivity index (χ0n) is 19.1. The van der Waals surface area contributed by atoms with Crippen molar-refractivity contribution in [3.05, 3.63) is 59.0 Å². The molecule has 3 rings (SSSR count). The number of aliphatic carboxylic acids is 1. The smallest absolute Gasteiger partial charge is 0.341 e. The number of methoxy groups -OCH3 is 4. The molecule has 0 aliphatic rings. The summed E-state index contributed by atoms with van der Waals surface area (Å²) in [6.07, 6.45) is 3.07. The van der Waals surface area contributed by atoms with E-state index in [1.807, 2.05) is 23.6 Å². The number of hydrogen-bond donors (Lipinski definition) is 1. The fourth-order valence-corrected chi connectivity index (χ4v) is 3.99. The third-order valence-corrected chi connectivity index (χ3v) is 5.74. The van der Waals surface area contributed by atoms with Crippen LogP contribution in [0.1, 0.15) is 15.9 Å². The van der Waals surface area contributed by atoms with Crippen molar-refractivity contribution in [3.63, 3.8) is 0 Å². The topological polar surface area (TPSA) is 101 Å². The van der Waals surface area contributed by atoms with Gasteiger partial charge in [0.2, 0.25) is 5.75 Å². The third-order valence-electron chi connectivity index (χ3n) is 4.84. The SMILES string of the molecule is COc1cc(OC)c(-c2cccs2)cc1/C=C/C(=O)c1cc(OC)c(OCC(=O)O)c(OC)c1. The van der Waals surface area contributed by atoms with Crippen LogP contribution in [0.15, 0.2) is 47.9 Å². The standard InChI is InChI=1S/C25H24O8S/c1-29-19-13-20(30-2)17(23-6-5-9-34-23)10-15(19)7-8-18(26)16-11-21(31-3)25(22(12-16)32-4)33-14-24(27)28/h5-13H,14H2,1-4H3,(H,27,28)/b8-7+. The van der Waals surface area contributed by atoms with Gasteiger partial charge in [-0.05, 0) is 41.8 Å². The number of thiophene rings is 1. The van der Waals surface area contributed by atoms with Gasteiger partial charge in [0, 0.05) is 27.6 Å². The van der Waals surface area contributed by atoms with Gasteiger partial charge in [-0.1, -0.05) is 6.07 Å². The summed E-state index contributed by atoms with van der Waals surface area (Å²) in [6.45, 7) is -0.580. The van der Waals surface area contributed by atoms with Crippen LogP contribution < -0.4 is 23.7 Å². The first-order chi connectivity index (χ1) is 16.4. The first-order valence-electron chi connectivity index (χ1n) is 10.0. The number of hydrogen-bond acceptors (Lipinski definition) is 8. The van der Waals surface area contributed by atoms with Crippen LogP contribution in [-0.2, 0) is 4.79 Å². The first kappa shape index (κ1) is 24.7. The molecule has 0 aliphatic heterocycles. The van der Waals surface area contributed by atoms with Crippen LogP contribution in [0.4, 0.5) is 0 Å². The highest BCUT2D eigenvalue weighted by molar-refractivity contribution is 7.13. The van der Waals surface area contributed by atoms with Gasteiger partial charge in [0.1, 0.15) is 11.5 Å². The summed E-state index contributed by atoms with van der Waals surface area (Å²) in [4.78, 5) is 24.9. The highest BCUT2D eigenvalue weighted by Crippen LogP contribution is 2.40. The minimum atomic E-state index is -1.15. The average Bonchev–Trinajstić information content (AvgIpc) is 3.39. The highest BCUT2D eigenvalue weighted by atomic mass is 32.1. The molecule has 0 amide bonds. The molecule has 2 aromatic carbocycles. The minimum Gasteiger partial charge on any atom is -0.496 e. The van der Waals surface area contributed by atoms with Crippen molar-refractivity contribution in [1.82, 2.24) is 0 Å². The van der Waals surface area contributed by atoms with E-state index in [2.05, 4.69) is 0 Å². The molecule has 8 nitrogen and oxygen atoms in total. The van der Waals surface area contributed by atoms with Crippen LogP contribution in [0.5, 0.6) is 28.7 Å². The maximum absolute atomic E-state index is 13.0. The molecule has 1 N–H and O–H groups in total. The molecule has 0 unspecified atom stereocenters. The molecule has 0 radical (unpaired) electrons. The fourth-order valence-electron chi connectivity index (χ4n) is 3.24. The molecule has 1 heterocycles. The van der Waals surface area contributed by atoms with Gasteiger partial charge in [0.25, 0.3) is 0 Å². The zero-order chi connectivity index (χ0) is 24.7. The Bertz CT molecular complexity index is 1170. The van der Waals surface area contributed by atoms with Crippen LogP contribution >= 0.6 is 11.3 Å². The van der Waals surface area contributed by atoms with E-state index in [0.29, 0.717) is 17.1 Å². The molecule has 0 aliphatic carbocycles. The van der Waals surface area contributed by atoms with Crippen molar-refractivity contribution >= 4 is 29.2 Å². The lowest BCUT2D eigenvalue weighted by Gasteiger charge is -2.14. The van der Waals surface area contributed by atoms with Crippen LogP contribution in [0, 0.1) is 0 Å². The molecule has 9 heteroatoms. The van der Waals surface area contributed by atoms with Crippen molar-refractivity contribution in [1.29, 1.82) is 0 Å². The Balaban J connectivity index is 1.96. The van der Waals surface area contributed by atoms with Crippen molar-refractivity contribution < 1.29 is 38.4 Å². The molecule has 1 aromatic heterocycles. The highest BCUT2D eigenvalue weighted by Gasteiger charge is 2.18. The molecule has 0 spiro atoms. The molecule has 178 valence electrons. The summed E-state index contributed by atoms with van der Waals surface area (Å²) in [5.41, 5.74) is 1.85. The number of benzene rings is 2. The number of ether oxygens (including phenoxy) is 5. The van der Waals surface area contributed by atoms with Crippen molar-refractivity contribution in [2.24, 2.45) is 0 Å². The predicted molar refractivity (Wildman–Crippen MR) is 129 cm³/mol. The van der Waals surface area contributed by atoms with Crippen LogP contribution in [0.25, 0.3) is 16.5 Å². The average molecular weight is 485 g/mol. The Kier molecular flexibility index (Phi) is 8.15. The second-order valence-corrected chi connectivity index (χ2v) is 7.81. The number of ketones is 1. The maximum Gasteiger partial charge on any atom is 0.341 e. The van der Waals surface area contributed by atoms with Gasteiger partial charge in [0.05, 0.1) is 28.4 Å². The summed E-state index contributed by atoms with van der Waals surface area (Å²) >= 11 is 1.58. The lowest BCUT2D eigenvalue weighted by Crippen LogP contribution is -2.11. The van der Waals surface area contributed by atoms with E-state index in [1.54, 1.807) is 37.7 Å². The Morgan fingerprint density at radius 2 is 1.56 bits per heavy atom. The molecule has 3 aromatic rings. The summed E-state index contributed by atoms with van der Waals surface area (Å²) in [7, 11) is 5.92. The van der Waals surface area contributed by atoms with Crippen molar-refractivity contribution in [2.45, 2.75) is 0 Å². The van der Waals surface area contributed by atoms with Gasteiger partial charge in [-0.25, -0.2) is 4.79 Å². The zero-order valence-corrected chi connectivity index (χ0v) is 19.9. The van der Waals surface area contributed by atoms with Crippen molar-refractivity contribution in [2.75, 3.05) is 35.0 Å². The van der Waals surface area contributed by atoms with Gasteiger partial charge >= 0.3 is 5.97 Å². The van der Waals surface area contributed by atoms with E-state index < -0.39 is 12.6 Å². The lowest BCUT2D eigenvalue weighted by molar-refractivity contribution is -0.139. The van der Waals surface area contributed by atoms with Crippen LogP contribution in [0.3, 0.4) is 0 Å². The van der Waals surface area contributed by atoms with Crippen LogP contribution in [0.2, 0.25) is 0 Å². The molecule has 0 saturated heterocycles. The van der Waals surface area contributed by atoms with Crippen molar-refractivity contribution in [3.8, 4) is 39.2 Å². The fraction of sp³-hybridized carbons (Fsp3) is 0.200. The van der Waals surface area contributed by atoms with E-state index in [-0.39, 0.29) is 28.6 Å². The molecule has 0 bridgehead atoms. The first-order valence-corrected chi connectivity index (χ1v) is 10.9. The largest absolute Gasteiger partial charge is 0.496 e. The summed E-state index contributed by atoms with van der Waals surface area (Å²) in [5.74, 6) is 0.200. The van der Waals surface area contributed by atoms with E-state index in [0.717, 1.165) is 10.4 Å². The number of carbonyl (C=O) groups is 2. The number of carboxylic acids is 1. The number of allylic oxidation sites excluding steroid dienone is 1. The second kappa shape index (κ2) is 11.2. The minimum absolute atomic E-state index is 0.102. The Labute approximate surface area is 200 Å². The lowest BCUT2D eigenvalue weighted by atomic mass is 10.0. The number of carboxylic acid groups (broad SMARTS) is 1. The summed E-state index contributed by atoms with van der Waals surface area (Å²) in [6, 6.07) is 10.5. The molecule has 0 atom stereocenters. The summed E-state index contributed by atoms with van der Waals surface area (Å²) in [5, 5.41) is 10.9. The van der Waals surface area contributed by atoms with Gasteiger partial charge in [-0.15, -0.1) is 11.3 Å². The van der Waals surface area contributed by atoms with E-state index in [4.69, 9.17) is 28.8 Å². The Morgan fingerprint density at radius 1 is 0.912 bits per heavy atom. The third kappa shape index (κ3) is 5.49. The second-order valence-electron chi connectivity index (χ2n) is 6.86. The van der Waals surface area contributed by atoms with Gasteiger partial charge in [0.15, 0.2) is 23.9 Å². The molecular formula is C25H24O8S. The van der Waals surface area contributed by atoms with E-state index >= 15 is 0 Å². The molecule has 0 saturated carbocycles. The predicted octanol–water partition coefficient (Wildman–Crippen LogP) is 4.81. The van der Waals surface area contributed by atoms with Gasteiger partial charge < -0.3 is 28.8 Å². The molecule has 34 heavy (non-hydrogen) atoms. The Morgan fingerprint density at radius 3 is 2.09 bits per heavy atom. The normalized spacial score (nSPS) is 10.7. The summed E-state index contributed by atoms with van der Waals surface area (Å²) < 4.78 is 26.8. The molecular weight excluding hydrogens is 460 g/mol. The monoisotopic (exact) mass is 484 g/mol. The quantitative estimate of drug-likeness (QED) is 0.306. The molecule has 0 fully saturated rings. The van der Waals surface area contributed by atoms with E-state index in [9.17, 15) is 9.59 Å². The van der Waals surface area contributed by atoms with E-state index in [1.165, 1.54) is 32.4 Å². The maximum atomic E-state index is 13.0. The van der Waals surface area contributed by atoms with Gasteiger partial charge in [-0.3, -0.25) is 4.79 Å². The number of carbonyl (C=O) groups excluding carboxylic acids is 1. The van der Waals surface area contributed by atoms with Crippen LogP contribution in [-0.4, -0.2) is 51.9 Å². The Hall–Kier alpha value is -3.98.